The highest BCUT2D eigenvalue weighted by atomic mass is 15.5. The lowest BCUT2D eigenvalue weighted by Crippen LogP contribution is -2.31. The zero-order valence-corrected chi connectivity index (χ0v) is 8.65. The second kappa shape index (κ2) is 3.26. The lowest BCUT2D eigenvalue weighted by molar-refractivity contribution is 0.473. The summed E-state index contributed by atoms with van der Waals surface area (Å²) in [5.74, 6) is 1.71. The Balaban J connectivity index is 2.25. The van der Waals surface area contributed by atoms with Gasteiger partial charge in [-0.2, -0.15) is 5.10 Å². The van der Waals surface area contributed by atoms with Crippen LogP contribution in [0.4, 0.5) is 11.5 Å². The van der Waals surface area contributed by atoms with E-state index >= 15 is 0 Å². The normalized spacial score (nSPS) is 18.7. The van der Waals surface area contributed by atoms with Gasteiger partial charge in [0, 0.05) is 14.1 Å². The maximum Gasteiger partial charge on any atom is 0.147 e. The predicted molar refractivity (Wildman–Crippen MR) is 58.0 cm³/mol. The Morgan fingerprint density at radius 1 is 1.60 bits per heavy atom. The van der Waals surface area contributed by atoms with E-state index in [4.69, 9.17) is 11.1 Å². The maximum absolute atomic E-state index is 7.54. The first kappa shape index (κ1) is 9.50. The molecule has 1 aliphatic heterocycles. The van der Waals surface area contributed by atoms with Crippen molar-refractivity contribution in [3.8, 4) is 0 Å². The molecule has 0 atom stereocenters. The molecule has 7 nitrogen and oxygen atoms in total. The molecule has 2 heterocycles. The highest BCUT2D eigenvalue weighted by molar-refractivity contribution is 6.06. The van der Waals surface area contributed by atoms with Crippen molar-refractivity contribution in [2.45, 2.75) is 6.42 Å². The summed E-state index contributed by atoms with van der Waals surface area (Å²) < 4.78 is 1.56. The molecule has 0 unspecified atom stereocenters. The molecule has 0 bridgehead atoms. The second-order valence-electron chi connectivity index (χ2n) is 3.39. The number of nitrogen functional groups attached to an aromatic ring is 1. The molecule has 0 radical (unpaired) electrons. The van der Waals surface area contributed by atoms with Crippen LogP contribution in [0.5, 0.6) is 0 Å². The number of rotatable bonds is 1. The van der Waals surface area contributed by atoms with E-state index < -0.39 is 0 Å². The third-order valence-corrected chi connectivity index (χ3v) is 2.26. The van der Waals surface area contributed by atoms with Crippen LogP contribution in [0.2, 0.25) is 0 Å². The van der Waals surface area contributed by atoms with Crippen LogP contribution in [-0.4, -0.2) is 33.5 Å². The number of aliphatic imine (C=N–C) groups is 1. The molecule has 1 fully saturated rings. The Morgan fingerprint density at radius 2 is 2.33 bits per heavy atom. The first-order valence-corrected chi connectivity index (χ1v) is 4.51. The molecule has 4 N–H and O–H groups in total. The number of aryl methyl sites for hydroxylation is 1. The zero-order valence-electron chi connectivity index (χ0n) is 8.65. The summed E-state index contributed by atoms with van der Waals surface area (Å²) in [6, 6.07) is 0. The number of nitrogens with two attached hydrogens (primary N) is 1. The molecule has 1 aromatic rings. The van der Waals surface area contributed by atoms with Crippen LogP contribution in [0.1, 0.15) is 6.42 Å². The standard InChI is InChI=1S/C8H13N7/c1-14-6(9)3-7(13-14)12-5-4-11-15(2)8(5)10/h4,9H,3,10H2,1-2H3,(H,12,13). The molecule has 0 amide bonds. The van der Waals surface area contributed by atoms with Crippen LogP contribution >= 0.6 is 0 Å². The summed E-state index contributed by atoms with van der Waals surface area (Å²) in [6.07, 6.45) is 2.09. The SMILES string of the molecule is CN1NC(=Nc2cnn(C)c2N)CC1=N. The van der Waals surface area contributed by atoms with Gasteiger partial charge < -0.3 is 5.73 Å². The number of hydrogen-bond donors (Lipinski definition) is 3. The average molecular weight is 207 g/mol. The Labute approximate surface area is 87.1 Å². The van der Waals surface area contributed by atoms with Crippen LogP contribution < -0.4 is 11.2 Å². The minimum absolute atomic E-state index is 0.483. The molecule has 0 saturated carbocycles. The van der Waals surface area contributed by atoms with Crippen molar-refractivity contribution < 1.29 is 0 Å². The average Bonchev–Trinajstić information content (AvgIpc) is 2.65. The van der Waals surface area contributed by atoms with Crippen LogP contribution in [-0.2, 0) is 7.05 Å². The number of nitrogens with one attached hydrogen (secondary N) is 2. The van der Waals surface area contributed by atoms with Gasteiger partial charge in [0.15, 0.2) is 0 Å². The molecular weight excluding hydrogens is 194 g/mol. The molecule has 80 valence electrons. The van der Waals surface area contributed by atoms with Gasteiger partial charge in [-0.05, 0) is 0 Å². The van der Waals surface area contributed by atoms with Crippen molar-refractivity contribution in [2.75, 3.05) is 12.8 Å². The van der Waals surface area contributed by atoms with Crippen molar-refractivity contribution in [1.82, 2.24) is 20.2 Å². The van der Waals surface area contributed by atoms with Gasteiger partial charge in [0.25, 0.3) is 0 Å². The Bertz CT molecular complexity index is 430. The lowest BCUT2D eigenvalue weighted by Gasteiger charge is -2.08. The van der Waals surface area contributed by atoms with Crippen molar-refractivity contribution in [2.24, 2.45) is 12.0 Å². The molecule has 7 heteroatoms. The molecule has 0 aliphatic carbocycles. The molecule has 0 spiro atoms. The zero-order chi connectivity index (χ0) is 11.0. The smallest absolute Gasteiger partial charge is 0.147 e. The fraction of sp³-hybridized carbons (Fsp3) is 0.375. The summed E-state index contributed by atoms with van der Waals surface area (Å²) >= 11 is 0. The molecule has 2 rings (SSSR count). The van der Waals surface area contributed by atoms with Gasteiger partial charge in [-0.1, -0.05) is 0 Å². The molecule has 0 aromatic carbocycles. The molecule has 1 saturated heterocycles. The van der Waals surface area contributed by atoms with Crippen molar-refractivity contribution >= 4 is 23.2 Å². The minimum Gasteiger partial charge on any atom is -0.382 e. The second-order valence-corrected chi connectivity index (χ2v) is 3.39. The Morgan fingerprint density at radius 3 is 2.80 bits per heavy atom. The molecular formula is C8H13N7. The van der Waals surface area contributed by atoms with E-state index in [2.05, 4.69) is 15.5 Å². The van der Waals surface area contributed by atoms with Gasteiger partial charge in [-0.25, -0.2) is 4.99 Å². The van der Waals surface area contributed by atoms with Gasteiger partial charge in [0.2, 0.25) is 0 Å². The number of aromatic nitrogens is 2. The molecule has 1 aliphatic rings. The number of amidine groups is 2. The first-order chi connectivity index (χ1) is 7.08. The summed E-state index contributed by atoms with van der Waals surface area (Å²) in [4.78, 5) is 4.29. The fourth-order valence-corrected chi connectivity index (χ4v) is 1.31. The third kappa shape index (κ3) is 1.63. The summed E-state index contributed by atoms with van der Waals surface area (Å²) in [6.45, 7) is 0. The van der Waals surface area contributed by atoms with Crippen LogP contribution in [0.25, 0.3) is 0 Å². The number of nitrogens with zero attached hydrogens (tertiary/aromatic N) is 4. The highest BCUT2D eigenvalue weighted by Crippen LogP contribution is 2.20. The van der Waals surface area contributed by atoms with E-state index in [9.17, 15) is 0 Å². The van der Waals surface area contributed by atoms with Gasteiger partial charge in [0.1, 0.15) is 23.2 Å². The van der Waals surface area contributed by atoms with Gasteiger partial charge in [-0.3, -0.25) is 20.5 Å². The minimum atomic E-state index is 0.483. The van der Waals surface area contributed by atoms with Crippen molar-refractivity contribution in [3.63, 3.8) is 0 Å². The Hall–Kier alpha value is -2.05. The van der Waals surface area contributed by atoms with Crippen molar-refractivity contribution in [1.29, 1.82) is 5.41 Å². The van der Waals surface area contributed by atoms with Gasteiger partial charge in [0.05, 0.1) is 12.6 Å². The van der Waals surface area contributed by atoms with E-state index in [1.54, 1.807) is 30.0 Å². The van der Waals surface area contributed by atoms with Crippen molar-refractivity contribution in [3.05, 3.63) is 6.20 Å². The van der Waals surface area contributed by atoms with E-state index in [0.29, 0.717) is 29.6 Å². The van der Waals surface area contributed by atoms with Crippen LogP contribution in [0, 0.1) is 5.41 Å². The Kier molecular flexibility index (Phi) is 2.07. The monoisotopic (exact) mass is 207 g/mol. The quantitative estimate of drug-likeness (QED) is 0.596. The largest absolute Gasteiger partial charge is 0.382 e. The maximum atomic E-state index is 7.54. The molecule has 15 heavy (non-hydrogen) atoms. The summed E-state index contributed by atoms with van der Waals surface area (Å²) in [5.41, 5.74) is 9.33. The number of anilines is 1. The van der Waals surface area contributed by atoms with Gasteiger partial charge >= 0.3 is 0 Å². The van der Waals surface area contributed by atoms with Crippen LogP contribution in [0.3, 0.4) is 0 Å². The van der Waals surface area contributed by atoms with Crippen LogP contribution in [0.15, 0.2) is 11.2 Å². The van der Waals surface area contributed by atoms with E-state index in [-0.39, 0.29) is 0 Å². The third-order valence-electron chi connectivity index (χ3n) is 2.26. The highest BCUT2D eigenvalue weighted by Gasteiger charge is 2.18. The van der Waals surface area contributed by atoms with E-state index in [1.165, 1.54) is 0 Å². The first-order valence-electron chi connectivity index (χ1n) is 4.51. The molecule has 1 aromatic heterocycles. The lowest BCUT2D eigenvalue weighted by atomic mass is 10.4. The number of hydrazine groups is 1. The predicted octanol–water partition coefficient (Wildman–Crippen LogP) is -0.150. The van der Waals surface area contributed by atoms with E-state index in [1.807, 2.05) is 0 Å². The summed E-state index contributed by atoms with van der Waals surface area (Å²) in [7, 11) is 3.53. The fourth-order valence-electron chi connectivity index (χ4n) is 1.31. The van der Waals surface area contributed by atoms with Gasteiger partial charge in [-0.15, -0.1) is 0 Å². The summed E-state index contributed by atoms with van der Waals surface area (Å²) in [5, 5.41) is 13.1. The number of hydrogen-bond acceptors (Lipinski definition) is 4. The van der Waals surface area contributed by atoms with E-state index in [0.717, 1.165) is 0 Å². The topological polar surface area (TPSA) is 95.3 Å².